The van der Waals surface area contributed by atoms with Crippen LogP contribution < -0.4 is 15.1 Å². The summed E-state index contributed by atoms with van der Waals surface area (Å²) in [6.07, 6.45) is 1.89. The Hall–Kier alpha value is -1.19. The van der Waals surface area contributed by atoms with Crippen LogP contribution in [0.5, 0.6) is 0 Å². The van der Waals surface area contributed by atoms with Crippen molar-refractivity contribution in [3.63, 3.8) is 0 Å². The van der Waals surface area contributed by atoms with Gasteiger partial charge in [0.2, 0.25) is 0 Å². The van der Waals surface area contributed by atoms with Crippen molar-refractivity contribution in [1.29, 1.82) is 0 Å². The zero-order valence-electron chi connectivity index (χ0n) is 13.8. The quantitative estimate of drug-likeness (QED) is 0.710. The number of hydrogen-bond acceptors (Lipinski definition) is 4. The summed E-state index contributed by atoms with van der Waals surface area (Å²) >= 11 is 1.41. The third-order valence-corrected chi connectivity index (χ3v) is 5.22. The Kier molecular flexibility index (Phi) is 4.88. The third kappa shape index (κ3) is 3.51. The van der Waals surface area contributed by atoms with Crippen LogP contribution >= 0.6 is 0 Å². The number of amides is 1. The first-order chi connectivity index (χ1) is 11.0. The van der Waals surface area contributed by atoms with Gasteiger partial charge < -0.3 is 0 Å². The number of carbonyl (C=O) groups excluding carboxylic acids is 1. The molecule has 2 aliphatic heterocycles. The average molecular weight is 485 g/mol. The molecule has 0 aromatic heterocycles. The van der Waals surface area contributed by atoms with Crippen molar-refractivity contribution in [3.8, 4) is 0 Å². The molecule has 124 valence electrons. The van der Waals surface area contributed by atoms with E-state index in [1.54, 1.807) is 4.90 Å². The summed E-state index contributed by atoms with van der Waals surface area (Å²) in [7, 11) is 2.14. The Balaban J connectivity index is 1.75. The fourth-order valence-corrected chi connectivity index (χ4v) is 3.48. The number of rotatable bonds is 4. The molecule has 1 unspecified atom stereocenters. The zero-order valence-corrected chi connectivity index (χ0v) is 16.8. The molecule has 0 saturated carbocycles. The van der Waals surface area contributed by atoms with E-state index in [-0.39, 0.29) is 12.2 Å². The zero-order chi connectivity index (χ0) is 16.6. The van der Waals surface area contributed by atoms with Crippen LogP contribution in [0.1, 0.15) is 25.8 Å². The van der Waals surface area contributed by atoms with E-state index >= 15 is 0 Å². The van der Waals surface area contributed by atoms with Gasteiger partial charge >= 0.3 is 141 Å². The van der Waals surface area contributed by atoms with Crippen LogP contribution in [0.2, 0.25) is 0 Å². The summed E-state index contributed by atoms with van der Waals surface area (Å²) in [5.74, 6) is 0. The Bertz CT molecular complexity index is 634. The molecule has 0 bridgehead atoms. The molecule has 6 heteroatoms. The van der Waals surface area contributed by atoms with Crippen LogP contribution in [0.25, 0.3) is 0 Å². The predicted molar refractivity (Wildman–Crippen MR) is 88.9 cm³/mol. The molecule has 1 amide bonds. The minimum absolute atomic E-state index is 0.0875. The summed E-state index contributed by atoms with van der Waals surface area (Å²) in [6.45, 7) is 5.59. The molecule has 2 aliphatic rings. The summed E-state index contributed by atoms with van der Waals surface area (Å²) in [4.78, 5) is 16.2. The molecule has 3 rings (SSSR count). The van der Waals surface area contributed by atoms with Crippen LogP contribution in [-0.2, 0) is 30.5 Å². The predicted octanol–water partition coefficient (Wildman–Crippen LogP) is 2.07. The summed E-state index contributed by atoms with van der Waals surface area (Å²) in [5, 5.41) is 3.28. The van der Waals surface area contributed by atoms with Crippen LogP contribution in [0.4, 0.5) is 16.2 Å². The Morgan fingerprint density at radius 2 is 2.26 bits per heavy atom. The molecular formula is C17H23N3O2W. The molecule has 1 saturated heterocycles. The second-order valence-corrected chi connectivity index (χ2v) is 8.57. The number of anilines is 2. The fourth-order valence-electron chi connectivity index (χ4n) is 3.18. The van der Waals surface area contributed by atoms with Crippen molar-refractivity contribution in [1.82, 2.24) is 5.32 Å². The molecule has 0 radical (unpaired) electrons. The fraction of sp³-hybridized carbons (Fsp3) is 0.529. The molecule has 1 aromatic rings. The Morgan fingerprint density at radius 1 is 1.48 bits per heavy atom. The first kappa shape index (κ1) is 16.7. The van der Waals surface area contributed by atoms with Crippen molar-refractivity contribution in [2.75, 3.05) is 29.9 Å². The van der Waals surface area contributed by atoms with Gasteiger partial charge in [-0.15, -0.1) is 0 Å². The van der Waals surface area contributed by atoms with Gasteiger partial charge in [0.15, 0.2) is 0 Å². The molecule has 0 spiro atoms. The van der Waals surface area contributed by atoms with Gasteiger partial charge in [0.1, 0.15) is 0 Å². The van der Waals surface area contributed by atoms with Gasteiger partial charge in [-0.2, -0.15) is 0 Å². The van der Waals surface area contributed by atoms with Gasteiger partial charge in [-0.25, -0.2) is 0 Å². The number of nitrogens with zero attached hydrogens (tertiary/aromatic N) is 2. The van der Waals surface area contributed by atoms with E-state index in [0.717, 1.165) is 18.5 Å². The molecule has 1 aromatic carbocycles. The number of carbonyl (C=O) groups is 1. The van der Waals surface area contributed by atoms with Crippen molar-refractivity contribution >= 4 is 21.5 Å². The molecule has 1 fully saturated rings. The average Bonchev–Trinajstić information content (AvgIpc) is 2.90. The van der Waals surface area contributed by atoms with Crippen LogP contribution in [0.3, 0.4) is 0 Å². The van der Waals surface area contributed by atoms with Gasteiger partial charge in [-0.05, 0) is 6.92 Å². The normalized spacial score (nSPS) is 23.7. The second kappa shape index (κ2) is 6.74. The minimum atomic E-state index is -0.240. The first-order valence-corrected chi connectivity index (χ1v) is 9.50. The SMILES string of the molecule is C[C](=[W])NC[C@H]1CN(c2ccc3c(c2)CCC(C)N3C)C(=O)O1. The van der Waals surface area contributed by atoms with Gasteiger partial charge in [0.05, 0.1) is 0 Å². The van der Waals surface area contributed by atoms with Gasteiger partial charge in [-0.1, -0.05) is 0 Å². The number of nitrogens with one attached hydrogen (secondary N) is 1. The molecule has 23 heavy (non-hydrogen) atoms. The standard InChI is InChI=1S/C17H23N3O2.W/c1-4-18-10-15-11-20(17(21)22-15)14-7-8-16-13(9-14)6-5-12(2)19(16)3;/h7-9,12,15,18H,5-6,10-11H2,1-3H3;/t12?,15-;/m0./s1. The number of fused-ring (bicyclic) bond motifs is 1. The summed E-state index contributed by atoms with van der Waals surface area (Å²) < 4.78 is 6.68. The van der Waals surface area contributed by atoms with E-state index in [0.29, 0.717) is 19.1 Å². The van der Waals surface area contributed by atoms with Crippen LogP contribution in [-0.4, -0.2) is 42.4 Å². The van der Waals surface area contributed by atoms with Crippen molar-refractivity contribution in [2.24, 2.45) is 0 Å². The van der Waals surface area contributed by atoms with E-state index in [2.05, 4.69) is 36.3 Å². The molecule has 1 N–H and O–H groups in total. The molecule has 0 aliphatic carbocycles. The van der Waals surface area contributed by atoms with Crippen molar-refractivity contribution in [2.45, 2.75) is 38.8 Å². The Morgan fingerprint density at radius 3 is 3.00 bits per heavy atom. The second-order valence-electron chi connectivity index (χ2n) is 6.37. The topological polar surface area (TPSA) is 44.8 Å². The molecule has 2 atom stereocenters. The Labute approximate surface area is 148 Å². The number of aryl methyl sites for hydroxylation is 1. The van der Waals surface area contributed by atoms with E-state index in [1.807, 2.05) is 13.0 Å². The number of cyclic esters (lactones) is 1. The number of hydrogen-bond donors (Lipinski definition) is 1. The van der Waals surface area contributed by atoms with E-state index in [4.69, 9.17) is 4.74 Å². The van der Waals surface area contributed by atoms with E-state index < -0.39 is 0 Å². The van der Waals surface area contributed by atoms with Crippen molar-refractivity contribution in [3.05, 3.63) is 23.8 Å². The van der Waals surface area contributed by atoms with E-state index in [9.17, 15) is 4.79 Å². The van der Waals surface area contributed by atoms with Gasteiger partial charge in [0.25, 0.3) is 0 Å². The maximum absolute atomic E-state index is 12.2. The maximum atomic E-state index is 12.2. The monoisotopic (exact) mass is 485 g/mol. The first-order valence-electron chi connectivity index (χ1n) is 8.04. The van der Waals surface area contributed by atoms with Gasteiger partial charge in [-0.3, -0.25) is 0 Å². The molecular weight excluding hydrogens is 462 g/mol. The summed E-state index contributed by atoms with van der Waals surface area (Å²) in [5.41, 5.74) is 3.54. The van der Waals surface area contributed by atoms with E-state index in [1.165, 1.54) is 34.6 Å². The van der Waals surface area contributed by atoms with Gasteiger partial charge in [0, 0.05) is 0 Å². The molecule has 5 nitrogen and oxygen atoms in total. The van der Waals surface area contributed by atoms with Crippen LogP contribution in [0, 0.1) is 0 Å². The van der Waals surface area contributed by atoms with Crippen molar-refractivity contribution < 1.29 is 28.9 Å². The summed E-state index contributed by atoms with van der Waals surface area (Å²) in [6, 6.07) is 6.88. The molecule has 2 heterocycles. The third-order valence-electron chi connectivity index (χ3n) is 4.70. The number of benzene rings is 1. The number of ether oxygens (including phenoxy) is 1. The van der Waals surface area contributed by atoms with Crippen LogP contribution in [0.15, 0.2) is 18.2 Å².